The summed E-state index contributed by atoms with van der Waals surface area (Å²) in [6.45, 7) is 2.73. The summed E-state index contributed by atoms with van der Waals surface area (Å²) in [5.41, 5.74) is 0.665. The van der Waals surface area contributed by atoms with Crippen molar-refractivity contribution in [2.24, 2.45) is 5.16 Å². The van der Waals surface area contributed by atoms with Gasteiger partial charge in [-0.25, -0.2) is 0 Å². The first-order valence-electron chi connectivity index (χ1n) is 9.50. The van der Waals surface area contributed by atoms with Crippen molar-refractivity contribution in [2.75, 3.05) is 27.4 Å². The van der Waals surface area contributed by atoms with E-state index in [1.165, 1.54) is 29.5 Å². The van der Waals surface area contributed by atoms with E-state index < -0.39 is 0 Å². The molecule has 7 nitrogen and oxygen atoms in total. The van der Waals surface area contributed by atoms with Crippen LogP contribution in [0.4, 0.5) is 0 Å². The lowest BCUT2D eigenvalue weighted by atomic mass is 10.1. The van der Waals surface area contributed by atoms with Gasteiger partial charge in [0.15, 0.2) is 11.2 Å². The number of thioether (sulfide) groups is 2. The highest BCUT2D eigenvalue weighted by atomic mass is 32.2. The molecule has 158 valence electrons. The van der Waals surface area contributed by atoms with Crippen molar-refractivity contribution >= 4 is 35.1 Å². The highest BCUT2D eigenvalue weighted by molar-refractivity contribution is 8.03. The van der Waals surface area contributed by atoms with Crippen molar-refractivity contribution < 1.29 is 19.1 Å². The van der Waals surface area contributed by atoms with Gasteiger partial charge in [0, 0.05) is 41.0 Å². The summed E-state index contributed by atoms with van der Waals surface area (Å²) < 4.78 is 10.2. The molecule has 1 aromatic rings. The second-order valence-electron chi connectivity index (χ2n) is 6.83. The fourth-order valence-electron chi connectivity index (χ4n) is 2.57. The van der Waals surface area contributed by atoms with Crippen molar-refractivity contribution in [2.45, 2.75) is 41.5 Å². The van der Waals surface area contributed by atoms with E-state index in [0.717, 1.165) is 10.2 Å². The molecular formula is C20H27N3O4S2. The van der Waals surface area contributed by atoms with Gasteiger partial charge in [-0.05, 0) is 31.9 Å². The van der Waals surface area contributed by atoms with Gasteiger partial charge in [-0.15, -0.1) is 11.8 Å². The Morgan fingerprint density at radius 3 is 2.72 bits per heavy atom. The number of ether oxygens (including phenoxy) is 2. The quantitative estimate of drug-likeness (QED) is 0.407. The molecule has 1 aromatic carbocycles. The third kappa shape index (κ3) is 6.95. The molecule has 2 atom stereocenters. The molecule has 3 rings (SSSR count). The number of amides is 1. The minimum Gasteiger partial charge on any atom is -0.390 e. The van der Waals surface area contributed by atoms with E-state index in [-0.39, 0.29) is 23.2 Å². The number of methoxy groups -OCH3 is 2. The minimum absolute atomic E-state index is 0.235. The number of carbonyl (C=O) groups excluding carboxylic acids is 1. The van der Waals surface area contributed by atoms with Crippen LogP contribution >= 0.6 is 23.5 Å². The molecule has 0 aromatic heterocycles. The van der Waals surface area contributed by atoms with Crippen molar-refractivity contribution in [3.63, 3.8) is 0 Å². The smallest absolute Gasteiger partial charge is 0.276 e. The van der Waals surface area contributed by atoms with E-state index in [0.29, 0.717) is 18.8 Å². The Morgan fingerprint density at radius 2 is 2.07 bits per heavy atom. The van der Waals surface area contributed by atoms with Gasteiger partial charge in [0.05, 0.1) is 13.2 Å². The topological polar surface area (TPSA) is 81.2 Å². The zero-order valence-corrected chi connectivity index (χ0v) is 18.5. The van der Waals surface area contributed by atoms with Crippen LogP contribution in [0, 0.1) is 0 Å². The van der Waals surface area contributed by atoms with Crippen molar-refractivity contribution in [3.05, 3.63) is 40.9 Å². The van der Waals surface area contributed by atoms with E-state index in [1.54, 1.807) is 14.2 Å². The van der Waals surface area contributed by atoms with Crippen molar-refractivity contribution in [1.82, 2.24) is 10.6 Å². The standard InChI is InChI=1S/C20H27N3O4S2/c1-13(11-25-2)27-23-18(14-4-6-15(7-5-14)28-16-8-9-16)19(24)22-20-21-10-17(29-20)12-26-3/h4-7,10,13,16,20-21H,8-9,11-12H2,1-3H3,(H,22,24)/b23-18+/t13-,20?/m1/s1. The molecule has 0 spiro atoms. The highest BCUT2D eigenvalue weighted by Crippen LogP contribution is 2.39. The summed E-state index contributed by atoms with van der Waals surface area (Å²) in [7, 11) is 3.24. The molecule has 1 amide bonds. The van der Waals surface area contributed by atoms with Crippen LogP contribution in [0.25, 0.3) is 0 Å². The third-order valence-electron chi connectivity index (χ3n) is 4.11. The van der Waals surface area contributed by atoms with Gasteiger partial charge >= 0.3 is 0 Å². The van der Waals surface area contributed by atoms with Gasteiger partial charge in [0.2, 0.25) is 0 Å². The minimum atomic E-state index is -0.311. The normalized spacial score (nSPS) is 20.0. The Bertz CT molecular complexity index is 751. The Balaban J connectivity index is 1.68. The number of rotatable bonds is 11. The van der Waals surface area contributed by atoms with Gasteiger partial charge < -0.3 is 24.9 Å². The first kappa shape index (κ1) is 22.0. The molecule has 1 aliphatic heterocycles. The third-order valence-corrected chi connectivity index (χ3v) is 6.49. The lowest BCUT2D eigenvalue weighted by molar-refractivity contribution is -0.115. The predicted octanol–water partition coefficient (Wildman–Crippen LogP) is 2.92. The number of nitrogens with one attached hydrogen (secondary N) is 2. The SMILES string of the molecule is COCC1=CNC(NC(=O)/C(=N/O[C@H](C)COC)c2ccc(SC3CC3)cc2)S1. The lowest BCUT2D eigenvalue weighted by Crippen LogP contribution is -2.42. The Kier molecular flexibility index (Phi) is 8.29. The second-order valence-corrected chi connectivity index (χ2v) is 9.44. The van der Waals surface area contributed by atoms with Gasteiger partial charge in [-0.1, -0.05) is 29.1 Å². The number of oxime groups is 1. The zero-order valence-electron chi connectivity index (χ0n) is 16.8. The maximum absolute atomic E-state index is 12.9. The molecular weight excluding hydrogens is 410 g/mol. The Morgan fingerprint density at radius 1 is 1.31 bits per heavy atom. The van der Waals surface area contributed by atoms with Crippen LogP contribution in [0.1, 0.15) is 25.3 Å². The number of hydrogen-bond acceptors (Lipinski definition) is 8. The predicted molar refractivity (Wildman–Crippen MR) is 117 cm³/mol. The number of benzene rings is 1. The number of hydrogen-bond donors (Lipinski definition) is 2. The Labute approximate surface area is 180 Å². The van der Waals surface area contributed by atoms with Crippen molar-refractivity contribution in [1.29, 1.82) is 0 Å². The molecule has 1 unspecified atom stereocenters. The fourth-order valence-corrected chi connectivity index (χ4v) is 4.54. The molecule has 1 aliphatic carbocycles. The van der Waals surface area contributed by atoms with Crippen LogP contribution in [-0.4, -0.2) is 55.9 Å². The van der Waals surface area contributed by atoms with Gasteiger partial charge in [0.25, 0.3) is 5.91 Å². The molecule has 0 bridgehead atoms. The summed E-state index contributed by atoms with van der Waals surface area (Å²) in [6, 6.07) is 7.88. The highest BCUT2D eigenvalue weighted by Gasteiger charge is 2.25. The maximum Gasteiger partial charge on any atom is 0.276 e. The first-order chi connectivity index (χ1) is 14.1. The van der Waals surface area contributed by atoms with Gasteiger partial charge in [-0.2, -0.15) is 0 Å². The van der Waals surface area contributed by atoms with Crippen LogP contribution in [0.3, 0.4) is 0 Å². The van der Waals surface area contributed by atoms with Gasteiger partial charge in [0.1, 0.15) is 6.10 Å². The van der Waals surface area contributed by atoms with Crippen molar-refractivity contribution in [3.8, 4) is 0 Å². The molecule has 1 heterocycles. The largest absolute Gasteiger partial charge is 0.390 e. The summed E-state index contributed by atoms with van der Waals surface area (Å²) >= 11 is 3.37. The first-order valence-corrected chi connectivity index (χ1v) is 11.3. The van der Waals surface area contributed by atoms with Crippen LogP contribution in [0.5, 0.6) is 0 Å². The fraction of sp³-hybridized carbons (Fsp3) is 0.500. The number of carbonyl (C=O) groups is 1. The molecule has 29 heavy (non-hydrogen) atoms. The molecule has 2 aliphatic rings. The Hall–Kier alpha value is -1.68. The average molecular weight is 438 g/mol. The molecule has 2 N–H and O–H groups in total. The van der Waals surface area contributed by atoms with E-state index in [2.05, 4.69) is 15.8 Å². The lowest BCUT2D eigenvalue weighted by Gasteiger charge is -2.15. The average Bonchev–Trinajstić information content (AvgIpc) is 3.41. The molecule has 0 saturated heterocycles. The van der Waals surface area contributed by atoms with Crippen LogP contribution in [0.2, 0.25) is 0 Å². The van der Waals surface area contributed by atoms with E-state index in [1.807, 2.05) is 49.2 Å². The summed E-state index contributed by atoms with van der Waals surface area (Å²) in [5.74, 6) is -0.311. The van der Waals surface area contributed by atoms with E-state index >= 15 is 0 Å². The van der Waals surface area contributed by atoms with Crippen LogP contribution < -0.4 is 10.6 Å². The number of nitrogens with zero attached hydrogens (tertiary/aromatic N) is 1. The summed E-state index contributed by atoms with van der Waals surface area (Å²) in [6.07, 6.45) is 4.13. The summed E-state index contributed by atoms with van der Waals surface area (Å²) in [4.78, 5) is 20.6. The maximum atomic E-state index is 12.9. The molecule has 9 heteroatoms. The van der Waals surface area contributed by atoms with Crippen LogP contribution in [-0.2, 0) is 19.1 Å². The zero-order chi connectivity index (χ0) is 20.6. The molecule has 0 radical (unpaired) electrons. The molecule has 1 fully saturated rings. The monoisotopic (exact) mass is 437 g/mol. The van der Waals surface area contributed by atoms with E-state index in [9.17, 15) is 4.79 Å². The van der Waals surface area contributed by atoms with Gasteiger partial charge in [-0.3, -0.25) is 4.79 Å². The summed E-state index contributed by atoms with van der Waals surface area (Å²) in [5, 5.41) is 10.9. The second kappa shape index (κ2) is 10.9. The van der Waals surface area contributed by atoms with Crippen LogP contribution in [0.15, 0.2) is 45.4 Å². The molecule has 1 saturated carbocycles. The van der Waals surface area contributed by atoms with E-state index in [4.69, 9.17) is 14.3 Å².